The molecule has 5 nitrogen and oxygen atoms in total. The molecule has 0 atom stereocenters. The van der Waals surface area contributed by atoms with Crippen molar-refractivity contribution in [2.45, 2.75) is 19.8 Å². The molecule has 104 valence electrons. The molecule has 3 N–H and O–H groups in total. The minimum atomic E-state index is 0.604. The lowest BCUT2D eigenvalue weighted by atomic mass is 10.2. The summed E-state index contributed by atoms with van der Waals surface area (Å²) in [4.78, 5) is 0. The summed E-state index contributed by atoms with van der Waals surface area (Å²) >= 11 is 3.45. The highest BCUT2D eigenvalue weighted by molar-refractivity contribution is 9.10. The molecule has 0 spiro atoms. The van der Waals surface area contributed by atoms with Crippen molar-refractivity contribution in [1.82, 2.24) is 9.78 Å². The van der Waals surface area contributed by atoms with Crippen LogP contribution >= 0.6 is 15.9 Å². The number of aryl methyl sites for hydroxylation is 2. The van der Waals surface area contributed by atoms with E-state index in [1.54, 1.807) is 16.8 Å². The molecule has 1 aromatic carbocycles. The van der Waals surface area contributed by atoms with Crippen LogP contribution in [0.3, 0.4) is 0 Å². The zero-order chi connectivity index (χ0) is 14.7. The molecular weight excluding hydrogens is 318 g/mol. The van der Waals surface area contributed by atoms with Crippen molar-refractivity contribution in [2.24, 2.45) is 7.05 Å². The monoisotopic (exact) mass is 333 g/mol. The predicted molar refractivity (Wildman–Crippen MR) is 83.8 cm³/mol. The van der Waals surface area contributed by atoms with Gasteiger partial charge in [-0.25, -0.2) is 0 Å². The smallest absolute Gasteiger partial charge is 0.152 e. The summed E-state index contributed by atoms with van der Waals surface area (Å²) in [7, 11) is 1.86. The van der Waals surface area contributed by atoms with E-state index in [4.69, 9.17) is 11.0 Å². The molecule has 0 aliphatic rings. The standard InChI is InChI=1S/C14H16BrN5/c1-3-4-12-13(17)14(20(2)19-12)18-11-6-5-9(8-16)7-10(11)15/h5-7,18H,3-4,17H2,1-2H3. The van der Waals surface area contributed by atoms with Gasteiger partial charge in [-0.3, -0.25) is 4.68 Å². The topological polar surface area (TPSA) is 79.7 Å². The summed E-state index contributed by atoms with van der Waals surface area (Å²) in [5.41, 5.74) is 9.16. The number of anilines is 3. The Balaban J connectivity index is 2.33. The Morgan fingerprint density at radius 3 is 2.85 bits per heavy atom. The second kappa shape index (κ2) is 5.97. The SMILES string of the molecule is CCCc1nn(C)c(Nc2ccc(C#N)cc2Br)c1N. The second-order valence-electron chi connectivity index (χ2n) is 4.51. The van der Waals surface area contributed by atoms with Crippen LogP contribution in [-0.2, 0) is 13.5 Å². The maximum atomic E-state index is 8.87. The van der Waals surface area contributed by atoms with E-state index in [0.29, 0.717) is 11.3 Å². The van der Waals surface area contributed by atoms with Gasteiger partial charge in [0.2, 0.25) is 0 Å². The lowest BCUT2D eigenvalue weighted by Gasteiger charge is -2.09. The van der Waals surface area contributed by atoms with Crippen molar-refractivity contribution in [3.05, 3.63) is 33.9 Å². The van der Waals surface area contributed by atoms with Crippen molar-refractivity contribution >= 4 is 33.1 Å². The fraction of sp³-hybridized carbons (Fsp3) is 0.286. The number of nitrogens with zero attached hydrogens (tertiary/aromatic N) is 3. The van der Waals surface area contributed by atoms with Crippen molar-refractivity contribution in [2.75, 3.05) is 11.1 Å². The fourth-order valence-corrected chi connectivity index (χ4v) is 2.46. The van der Waals surface area contributed by atoms with E-state index in [-0.39, 0.29) is 0 Å². The summed E-state index contributed by atoms with van der Waals surface area (Å²) in [5.74, 6) is 0.763. The molecule has 20 heavy (non-hydrogen) atoms. The zero-order valence-corrected chi connectivity index (χ0v) is 13.0. The molecule has 0 unspecified atom stereocenters. The third-order valence-electron chi connectivity index (χ3n) is 3.00. The highest BCUT2D eigenvalue weighted by Gasteiger charge is 2.13. The number of nitriles is 1. The molecule has 0 radical (unpaired) electrons. The molecule has 6 heteroatoms. The zero-order valence-electron chi connectivity index (χ0n) is 11.4. The molecule has 0 amide bonds. The molecule has 0 bridgehead atoms. The van der Waals surface area contributed by atoms with Crippen LogP contribution in [0, 0.1) is 11.3 Å². The lowest BCUT2D eigenvalue weighted by Crippen LogP contribution is -2.02. The molecule has 1 aromatic heterocycles. The number of rotatable bonds is 4. The maximum Gasteiger partial charge on any atom is 0.152 e. The molecule has 0 aliphatic heterocycles. The first kappa shape index (κ1) is 14.4. The normalized spacial score (nSPS) is 10.3. The van der Waals surface area contributed by atoms with E-state index in [0.717, 1.165) is 34.5 Å². The van der Waals surface area contributed by atoms with Crippen LogP contribution < -0.4 is 11.1 Å². The van der Waals surface area contributed by atoms with Crippen molar-refractivity contribution in [1.29, 1.82) is 5.26 Å². The largest absolute Gasteiger partial charge is 0.394 e. The second-order valence-corrected chi connectivity index (χ2v) is 5.37. The van der Waals surface area contributed by atoms with E-state index < -0.39 is 0 Å². The van der Waals surface area contributed by atoms with Gasteiger partial charge in [0, 0.05) is 11.5 Å². The molecule has 2 aromatic rings. The molecule has 1 heterocycles. The predicted octanol–water partition coefficient (Wildman–Crippen LogP) is 3.33. The quantitative estimate of drug-likeness (QED) is 0.899. The van der Waals surface area contributed by atoms with Crippen LogP contribution in [0.4, 0.5) is 17.2 Å². The number of nitrogens with one attached hydrogen (secondary N) is 1. The van der Waals surface area contributed by atoms with E-state index in [1.807, 2.05) is 13.1 Å². The third-order valence-corrected chi connectivity index (χ3v) is 3.65. The molecule has 0 saturated heterocycles. The van der Waals surface area contributed by atoms with Crippen LogP contribution in [0.25, 0.3) is 0 Å². The summed E-state index contributed by atoms with van der Waals surface area (Å²) in [6.07, 6.45) is 1.86. The van der Waals surface area contributed by atoms with Crippen LogP contribution in [0.15, 0.2) is 22.7 Å². The Bertz CT molecular complexity index is 669. The van der Waals surface area contributed by atoms with E-state index in [9.17, 15) is 0 Å². The summed E-state index contributed by atoms with van der Waals surface area (Å²) in [6.45, 7) is 2.10. The van der Waals surface area contributed by atoms with Crippen molar-refractivity contribution < 1.29 is 0 Å². The van der Waals surface area contributed by atoms with E-state index in [1.165, 1.54) is 0 Å². The number of nitrogen functional groups attached to an aromatic ring is 1. The molecule has 0 fully saturated rings. The summed E-state index contributed by atoms with van der Waals surface area (Å²) in [5, 5.41) is 16.5. The minimum absolute atomic E-state index is 0.604. The summed E-state index contributed by atoms with van der Waals surface area (Å²) < 4.78 is 2.56. The van der Waals surface area contributed by atoms with Crippen LogP contribution in [0.2, 0.25) is 0 Å². The van der Waals surface area contributed by atoms with Gasteiger partial charge in [-0.1, -0.05) is 13.3 Å². The van der Waals surface area contributed by atoms with Crippen molar-refractivity contribution in [3.63, 3.8) is 0 Å². The van der Waals surface area contributed by atoms with Gasteiger partial charge in [0.1, 0.15) is 0 Å². The molecular formula is C14H16BrN5. The number of halogens is 1. The average Bonchev–Trinajstić information content (AvgIpc) is 2.69. The van der Waals surface area contributed by atoms with Gasteiger partial charge >= 0.3 is 0 Å². The minimum Gasteiger partial charge on any atom is -0.394 e. The van der Waals surface area contributed by atoms with Gasteiger partial charge in [0.05, 0.1) is 28.7 Å². The molecule has 2 rings (SSSR count). The number of aromatic nitrogens is 2. The Morgan fingerprint density at radius 1 is 1.50 bits per heavy atom. The van der Waals surface area contributed by atoms with Gasteiger partial charge in [-0.2, -0.15) is 10.4 Å². The van der Waals surface area contributed by atoms with Gasteiger partial charge in [-0.15, -0.1) is 0 Å². The first-order valence-electron chi connectivity index (χ1n) is 6.34. The Hall–Kier alpha value is -2.00. The van der Waals surface area contributed by atoms with E-state index >= 15 is 0 Å². The van der Waals surface area contributed by atoms with Crippen LogP contribution in [0.5, 0.6) is 0 Å². The lowest BCUT2D eigenvalue weighted by molar-refractivity contribution is 0.740. The van der Waals surface area contributed by atoms with Crippen molar-refractivity contribution in [3.8, 4) is 6.07 Å². The Morgan fingerprint density at radius 2 is 2.25 bits per heavy atom. The van der Waals surface area contributed by atoms with Gasteiger partial charge < -0.3 is 11.1 Å². The van der Waals surface area contributed by atoms with Crippen LogP contribution in [0.1, 0.15) is 24.6 Å². The summed E-state index contributed by atoms with van der Waals surface area (Å²) in [6, 6.07) is 7.47. The average molecular weight is 334 g/mol. The van der Waals surface area contributed by atoms with Crippen LogP contribution in [-0.4, -0.2) is 9.78 Å². The first-order valence-corrected chi connectivity index (χ1v) is 7.14. The number of hydrogen-bond donors (Lipinski definition) is 2. The van der Waals surface area contributed by atoms with Gasteiger partial charge in [0.25, 0.3) is 0 Å². The molecule has 0 aliphatic carbocycles. The number of nitrogens with two attached hydrogens (primary N) is 1. The maximum absolute atomic E-state index is 8.87. The third kappa shape index (κ3) is 2.78. The highest BCUT2D eigenvalue weighted by atomic mass is 79.9. The number of hydrogen-bond acceptors (Lipinski definition) is 4. The number of benzene rings is 1. The van der Waals surface area contributed by atoms with E-state index in [2.05, 4.69) is 39.3 Å². The highest BCUT2D eigenvalue weighted by Crippen LogP contribution is 2.31. The fourth-order valence-electron chi connectivity index (χ4n) is 1.98. The van der Waals surface area contributed by atoms with Gasteiger partial charge in [0.15, 0.2) is 5.82 Å². The molecule has 0 saturated carbocycles. The van der Waals surface area contributed by atoms with Gasteiger partial charge in [-0.05, 0) is 40.5 Å². The Kier molecular flexibility index (Phi) is 4.30. The Labute approximate surface area is 126 Å². The first-order chi connectivity index (χ1) is 9.56.